The van der Waals surface area contributed by atoms with Gasteiger partial charge in [-0.3, -0.25) is 0 Å². The third-order valence-electron chi connectivity index (χ3n) is 4.74. The number of rotatable bonds is 3. The second-order valence-corrected chi connectivity index (χ2v) is 6.28. The highest BCUT2D eigenvalue weighted by Gasteiger charge is 2.26. The summed E-state index contributed by atoms with van der Waals surface area (Å²) in [5.74, 6) is 0. The fourth-order valence-corrected chi connectivity index (χ4v) is 3.59. The van der Waals surface area contributed by atoms with Crippen LogP contribution in [0.4, 0.5) is 0 Å². The van der Waals surface area contributed by atoms with Crippen molar-refractivity contribution in [2.24, 2.45) is 0 Å². The van der Waals surface area contributed by atoms with Gasteiger partial charge in [0.1, 0.15) is 0 Å². The smallest absolute Gasteiger partial charge is 0.0369 e. The predicted molar refractivity (Wildman–Crippen MR) is 95.4 cm³/mol. The van der Waals surface area contributed by atoms with Gasteiger partial charge in [-0.05, 0) is 35.1 Å². The molecule has 2 unspecified atom stereocenters. The van der Waals surface area contributed by atoms with Gasteiger partial charge in [0, 0.05) is 12.1 Å². The van der Waals surface area contributed by atoms with Crippen LogP contribution in [0.5, 0.6) is 0 Å². The monoisotopic (exact) mass is 299 g/mol. The first kappa shape index (κ1) is 14.2. The van der Waals surface area contributed by atoms with Gasteiger partial charge in [0.05, 0.1) is 0 Å². The maximum atomic E-state index is 3.87. The van der Waals surface area contributed by atoms with Gasteiger partial charge in [-0.15, -0.1) is 0 Å². The molecule has 0 radical (unpaired) electrons. The summed E-state index contributed by atoms with van der Waals surface area (Å²) in [6.07, 6.45) is 2.09. The second-order valence-electron chi connectivity index (χ2n) is 6.28. The van der Waals surface area contributed by atoms with Crippen LogP contribution in [-0.2, 0) is 12.8 Å². The standard InChI is InChI=1S/C22H21N/c1-3-9-17(10-4-1)15-22-20-14-8-7-13-19(20)16-21(23-22)18-11-5-2-6-12-18/h1-14,21-23H,15-16H2. The summed E-state index contributed by atoms with van der Waals surface area (Å²) >= 11 is 0. The van der Waals surface area contributed by atoms with Crippen molar-refractivity contribution in [1.29, 1.82) is 0 Å². The molecule has 0 spiro atoms. The molecule has 1 N–H and O–H groups in total. The quantitative estimate of drug-likeness (QED) is 0.728. The topological polar surface area (TPSA) is 12.0 Å². The lowest BCUT2D eigenvalue weighted by Gasteiger charge is -2.34. The van der Waals surface area contributed by atoms with E-state index in [4.69, 9.17) is 0 Å². The van der Waals surface area contributed by atoms with Crippen molar-refractivity contribution in [2.75, 3.05) is 0 Å². The Balaban J connectivity index is 1.67. The average Bonchev–Trinajstić information content (AvgIpc) is 2.63. The minimum atomic E-state index is 0.368. The molecule has 0 aliphatic carbocycles. The molecule has 3 aromatic rings. The van der Waals surface area contributed by atoms with Crippen LogP contribution in [0.2, 0.25) is 0 Å². The van der Waals surface area contributed by atoms with Crippen molar-refractivity contribution >= 4 is 0 Å². The van der Waals surface area contributed by atoms with Crippen LogP contribution in [0, 0.1) is 0 Å². The number of hydrogen-bond donors (Lipinski definition) is 1. The molecule has 0 aromatic heterocycles. The fourth-order valence-electron chi connectivity index (χ4n) is 3.59. The van der Waals surface area contributed by atoms with Crippen LogP contribution in [-0.4, -0.2) is 0 Å². The summed E-state index contributed by atoms with van der Waals surface area (Å²) < 4.78 is 0. The molecule has 2 atom stereocenters. The van der Waals surface area contributed by atoms with Gasteiger partial charge in [0.25, 0.3) is 0 Å². The lowest BCUT2D eigenvalue weighted by atomic mass is 9.85. The summed E-state index contributed by atoms with van der Waals surface area (Å²) in [7, 11) is 0. The van der Waals surface area contributed by atoms with Crippen LogP contribution < -0.4 is 5.32 Å². The Bertz CT molecular complexity index is 764. The third kappa shape index (κ3) is 3.06. The van der Waals surface area contributed by atoms with Gasteiger partial charge in [0.2, 0.25) is 0 Å². The van der Waals surface area contributed by atoms with E-state index in [1.54, 1.807) is 0 Å². The fraction of sp³-hybridized carbons (Fsp3) is 0.182. The van der Waals surface area contributed by atoms with Gasteiger partial charge >= 0.3 is 0 Å². The molecule has 0 saturated heterocycles. The van der Waals surface area contributed by atoms with Crippen LogP contribution in [0.1, 0.15) is 34.3 Å². The van der Waals surface area contributed by atoms with E-state index in [0.29, 0.717) is 12.1 Å². The molecule has 4 rings (SSSR count). The largest absolute Gasteiger partial charge is 0.302 e. The van der Waals surface area contributed by atoms with Crippen molar-refractivity contribution in [3.63, 3.8) is 0 Å². The molecule has 114 valence electrons. The maximum Gasteiger partial charge on any atom is 0.0369 e. The zero-order valence-corrected chi connectivity index (χ0v) is 13.2. The lowest BCUT2D eigenvalue weighted by Crippen LogP contribution is -2.34. The second kappa shape index (κ2) is 6.39. The first-order valence-corrected chi connectivity index (χ1v) is 8.33. The third-order valence-corrected chi connectivity index (χ3v) is 4.74. The minimum Gasteiger partial charge on any atom is -0.302 e. The summed E-state index contributed by atoms with van der Waals surface area (Å²) in [6.45, 7) is 0. The lowest BCUT2D eigenvalue weighted by molar-refractivity contribution is 0.409. The van der Waals surface area contributed by atoms with Crippen LogP contribution in [0.15, 0.2) is 84.9 Å². The molecule has 1 heterocycles. The molecule has 0 bridgehead atoms. The zero-order valence-electron chi connectivity index (χ0n) is 13.2. The van der Waals surface area contributed by atoms with E-state index < -0.39 is 0 Å². The van der Waals surface area contributed by atoms with E-state index in [2.05, 4.69) is 90.2 Å². The Morgan fingerprint density at radius 1 is 0.739 bits per heavy atom. The van der Waals surface area contributed by atoms with E-state index >= 15 is 0 Å². The van der Waals surface area contributed by atoms with Crippen molar-refractivity contribution in [3.8, 4) is 0 Å². The van der Waals surface area contributed by atoms with E-state index in [1.807, 2.05) is 0 Å². The van der Waals surface area contributed by atoms with Crippen LogP contribution in [0.3, 0.4) is 0 Å². The molecule has 0 saturated carbocycles. The van der Waals surface area contributed by atoms with Crippen molar-refractivity contribution in [3.05, 3.63) is 107 Å². The molecule has 23 heavy (non-hydrogen) atoms. The molecule has 0 amide bonds. The summed E-state index contributed by atoms with van der Waals surface area (Å²) in [5.41, 5.74) is 5.68. The normalized spacial score (nSPS) is 20.0. The van der Waals surface area contributed by atoms with Crippen LogP contribution >= 0.6 is 0 Å². The summed E-state index contributed by atoms with van der Waals surface area (Å²) in [5, 5.41) is 3.87. The van der Waals surface area contributed by atoms with Gasteiger partial charge in [-0.1, -0.05) is 84.9 Å². The number of benzene rings is 3. The summed E-state index contributed by atoms with van der Waals surface area (Å²) in [4.78, 5) is 0. The molecular formula is C22H21N. The molecule has 1 nitrogen and oxygen atoms in total. The molecule has 0 fully saturated rings. The Hall–Kier alpha value is -2.38. The van der Waals surface area contributed by atoms with E-state index in [-0.39, 0.29) is 0 Å². The Morgan fingerprint density at radius 3 is 2.17 bits per heavy atom. The highest BCUT2D eigenvalue weighted by molar-refractivity contribution is 5.37. The Kier molecular flexibility index (Phi) is 3.95. The highest BCUT2D eigenvalue weighted by Crippen LogP contribution is 2.33. The van der Waals surface area contributed by atoms with Crippen LogP contribution in [0.25, 0.3) is 0 Å². The zero-order chi connectivity index (χ0) is 15.5. The average molecular weight is 299 g/mol. The first-order valence-electron chi connectivity index (χ1n) is 8.33. The van der Waals surface area contributed by atoms with E-state index in [1.165, 1.54) is 22.3 Å². The molecule has 1 heteroatoms. The number of hydrogen-bond acceptors (Lipinski definition) is 1. The summed E-state index contributed by atoms with van der Waals surface area (Å²) in [6, 6.07) is 31.2. The van der Waals surface area contributed by atoms with Gasteiger partial charge in [0.15, 0.2) is 0 Å². The predicted octanol–water partition coefficient (Wildman–Crippen LogP) is 4.86. The minimum absolute atomic E-state index is 0.368. The number of nitrogens with one attached hydrogen (secondary N) is 1. The van der Waals surface area contributed by atoms with Crippen molar-refractivity contribution < 1.29 is 0 Å². The molecule has 3 aromatic carbocycles. The van der Waals surface area contributed by atoms with Gasteiger partial charge < -0.3 is 5.32 Å². The first-order chi connectivity index (χ1) is 11.4. The Morgan fingerprint density at radius 2 is 1.39 bits per heavy atom. The molecule has 1 aliphatic rings. The van der Waals surface area contributed by atoms with E-state index in [9.17, 15) is 0 Å². The number of fused-ring (bicyclic) bond motifs is 1. The maximum absolute atomic E-state index is 3.87. The highest BCUT2D eigenvalue weighted by atomic mass is 15.0. The van der Waals surface area contributed by atoms with Crippen molar-refractivity contribution in [2.45, 2.75) is 24.9 Å². The van der Waals surface area contributed by atoms with E-state index in [0.717, 1.165) is 12.8 Å². The van der Waals surface area contributed by atoms with Gasteiger partial charge in [-0.25, -0.2) is 0 Å². The SMILES string of the molecule is c1ccc(CC2NC(c3ccccc3)Cc3ccccc32)cc1. The molecule has 1 aliphatic heterocycles. The van der Waals surface area contributed by atoms with Crippen molar-refractivity contribution in [1.82, 2.24) is 5.32 Å². The molecular weight excluding hydrogens is 278 g/mol. The van der Waals surface area contributed by atoms with Gasteiger partial charge in [-0.2, -0.15) is 0 Å². The Labute approximate surface area is 138 Å².